The molecule has 0 aliphatic heterocycles. The maximum atomic E-state index is 5.96. The van der Waals surface area contributed by atoms with Crippen LogP contribution in [0, 0.1) is 5.92 Å². The van der Waals surface area contributed by atoms with Crippen molar-refractivity contribution in [3.05, 3.63) is 0 Å². The second-order valence-corrected chi connectivity index (χ2v) is 10.7. The molecule has 0 spiro atoms. The Morgan fingerprint density at radius 2 is 1.37 bits per heavy atom. The predicted molar refractivity (Wildman–Crippen MR) is 86.8 cm³/mol. The van der Waals surface area contributed by atoms with Gasteiger partial charge in [0.05, 0.1) is 0 Å². The first-order valence-electron chi connectivity index (χ1n) is 7.98. The van der Waals surface area contributed by atoms with Crippen LogP contribution in [0.2, 0.25) is 11.1 Å². The molecule has 3 heteroatoms. The molecule has 0 heterocycles. The van der Waals surface area contributed by atoms with Crippen LogP contribution in [0.1, 0.15) is 73.1 Å². The lowest BCUT2D eigenvalue weighted by Crippen LogP contribution is -2.52. The molecule has 0 aliphatic rings. The summed E-state index contributed by atoms with van der Waals surface area (Å²) in [6.45, 7) is 11.4. The third-order valence-electron chi connectivity index (χ3n) is 4.94. The molecule has 19 heavy (non-hydrogen) atoms. The molecular formula is C16H36O2Si. The van der Waals surface area contributed by atoms with Crippen LogP contribution in [-0.2, 0) is 8.85 Å². The maximum Gasteiger partial charge on any atom is 0.343 e. The number of rotatable bonds is 11. The number of unbranched alkanes of at least 4 members (excludes halogenated alkanes) is 5. The third-order valence-corrected chi connectivity index (χ3v) is 9.82. The lowest BCUT2D eigenvalue weighted by atomic mass is 9.99. The maximum absolute atomic E-state index is 5.96. The molecule has 0 bridgehead atoms. The van der Waals surface area contributed by atoms with Gasteiger partial charge in [0.2, 0.25) is 0 Å². The van der Waals surface area contributed by atoms with E-state index in [2.05, 4.69) is 34.6 Å². The highest BCUT2D eigenvalue weighted by Gasteiger charge is 2.51. The fourth-order valence-corrected chi connectivity index (χ4v) is 6.58. The Balaban J connectivity index is 4.40. The van der Waals surface area contributed by atoms with Gasteiger partial charge in [0.15, 0.2) is 0 Å². The Labute approximate surface area is 122 Å². The van der Waals surface area contributed by atoms with Crippen molar-refractivity contribution in [2.75, 3.05) is 14.2 Å². The van der Waals surface area contributed by atoms with E-state index in [4.69, 9.17) is 8.85 Å². The van der Waals surface area contributed by atoms with E-state index in [0.29, 0.717) is 5.92 Å². The van der Waals surface area contributed by atoms with Crippen molar-refractivity contribution in [2.24, 2.45) is 5.92 Å². The van der Waals surface area contributed by atoms with Crippen LogP contribution in [-0.4, -0.2) is 22.8 Å². The summed E-state index contributed by atoms with van der Waals surface area (Å²) < 4.78 is 11.9. The van der Waals surface area contributed by atoms with E-state index in [1.54, 1.807) is 0 Å². The zero-order valence-corrected chi connectivity index (χ0v) is 15.3. The van der Waals surface area contributed by atoms with Gasteiger partial charge in [-0.1, -0.05) is 73.1 Å². The van der Waals surface area contributed by atoms with Gasteiger partial charge >= 0.3 is 8.56 Å². The Morgan fingerprint density at radius 3 is 1.79 bits per heavy atom. The molecule has 0 unspecified atom stereocenters. The first-order chi connectivity index (χ1) is 8.88. The van der Waals surface area contributed by atoms with Gasteiger partial charge in [0.1, 0.15) is 0 Å². The van der Waals surface area contributed by atoms with Gasteiger partial charge in [-0.2, -0.15) is 0 Å². The largest absolute Gasteiger partial charge is 0.397 e. The molecule has 0 rings (SSSR count). The first kappa shape index (κ1) is 19.1. The summed E-state index contributed by atoms with van der Waals surface area (Å²) >= 11 is 0. The van der Waals surface area contributed by atoms with Gasteiger partial charge in [-0.25, -0.2) is 0 Å². The zero-order chi connectivity index (χ0) is 14.9. The fraction of sp³-hybridized carbons (Fsp3) is 1.00. The molecule has 0 N–H and O–H groups in total. The molecule has 116 valence electrons. The molecule has 0 fully saturated rings. The van der Waals surface area contributed by atoms with E-state index in [1.165, 1.54) is 38.5 Å². The molecule has 0 radical (unpaired) electrons. The summed E-state index contributed by atoms with van der Waals surface area (Å²) in [7, 11) is 1.59. The summed E-state index contributed by atoms with van der Waals surface area (Å²) in [5.74, 6) is 0.583. The minimum atomic E-state index is -2.10. The summed E-state index contributed by atoms with van der Waals surface area (Å²) in [4.78, 5) is 0. The van der Waals surface area contributed by atoms with Crippen LogP contribution in [0.25, 0.3) is 0 Å². The van der Waals surface area contributed by atoms with Crippen LogP contribution >= 0.6 is 0 Å². The molecule has 0 aromatic carbocycles. The molecule has 0 amide bonds. The van der Waals surface area contributed by atoms with Crippen molar-refractivity contribution in [1.29, 1.82) is 0 Å². The predicted octanol–water partition coefficient (Wildman–Crippen LogP) is 5.52. The Kier molecular flexibility index (Phi) is 9.21. The topological polar surface area (TPSA) is 18.5 Å². The van der Waals surface area contributed by atoms with Crippen LogP contribution in [0.15, 0.2) is 0 Å². The van der Waals surface area contributed by atoms with Gasteiger partial charge in [-0.05, 0) is 12.0 Å². The molecule has 0 atom stereocenters. The SMILES string of the molecule is CCCCCCCC[Si](OC)(OC)C(C)(C)C(C)C. The van der Waals surface area contributed by atoms with E-state index < -0.39 is 8.56 Å². The summed E-state index contributed by atoms with van der Waals surface area (Å²) in [6, 6.07) is 1.12. The normalized spacial score (nSPS) is 13.3. The minimum absolute atomic E-state index is 0.153. The van der Waals surface area contributed by atoms with Crippen molar-refractivity contribution < 1.29 is 8.85 Å². The van der Waals surface area contributed by atoms with E-state index in [1.807, 2.05) is 14.2 Å². The van der Waals surface area contributed by atoms with Crippen LogP contribution in [0.4, 0.5) is 0 Å². The van der Waals surface area contributed by atoms with Crippen molar-refractivity contribution in [1.82, 2.24) is 0 Å². The molecule has 0 saturated carbocycles. The lowest BCUT2D eigenvalue weighted by molar-refractivity contribution is 0.190. The van der Waals surface area contributed by atoms with Crippen molar-refractivity contribution >= 4 is 8.56 Å². The lowest BCUT2D eigenvalue weighted by Gasteiger charge is -2.44. The third kappa shape index (κ3) is 5.20. The molecule has 0 saturated heterocycles. The second-order valence-electron chi connectivity index (χ2n) is 6.56. The van der Waals surface area contributed by atoms with Gasteiger partial charge in [0, 0.05) is 19.3 Å². The van der Waals surface area contributed by atoms with Crippen molar-refractivity contribution in [2.45, 2.75) is 84.2 Å². The Bertz CT molecular complexity index is 223. The standard InChI is InChI=1S/C16H36O2Si/c1-8-9-10-11-12-13-14-19(17-6,18-7)16(4,5)15(2)3/h15H,8-14H2,1-7H3. The summed E-state index contributed by atoms with van der Waals surface area (Å²) in [6.07, 6.45) is 7.97. The van der Waals surface area contributed by atoms with Crippen LogP contribution < -0.4 is 0 Å². The average Bonchev–Trinajstić information content (AvgIpc) is 2.38. The van der Waals surface area contributed by atoms with Crippen LogP contribution in [0.3, 0.4) is 0 Å². The van der Waals surface area contributed by atoms with Crippen LogP contribution in [0.5, 0.6) is 0 Å². The summed E-state index contributed by atoms with van der Waals surface area (Å²) in [5.41, 5.74) is 0. The molecule has 0 aromatic rings. The highest BCUT2D eigenvalue weighted by Crippen LogP contribution is 2.47. The highest BCUT2D eigenvalue weighted by atomic mass is 28.4. The van der Waals surface area contributed by atoms with Gasteiger partial charge in [-0.15, -0.1) is 0 Å². The van der Waals surface area contributed by atoms with E-state index in [9.17, 15) is 0 Å². The molecular weight excluding hydrogens is 252 g/mol. The van der Waals surface area contributed by atoms with E-state index in [0.717, 1.165) is 6.04 Å². The molecule has 2 nitrogen and oxygen atoms in total. The van der Waals surface area contributed by atoms with Crippen molar-refractivity contribution in [3.63, 3.8) is 0 Å². The highest BCUT2D eigenvalue weighted by molar-refractivity contribution is 6.70. The molecule has 0 aliphatic carbocycles. The van der Waals surface area contributed by atoms with Crippen molar-refractivity contribution in [3.8, 4) is 0 Å². The van der Waals surface area contributed by atoms with E-state index >= 15 is 0 Å². The monoisotopic (exact) mass is 288 g/mol. The number of hydrogen-bond acceptors (Lipinski definition) is 2. The Morgan fingerprint density at radius 1 is 0.895 bits per heavy atom. The smallest absolute Gasteiger partial charge is 0.343 e. The fourth-order valence-electron chi connectivity index (χ4n) is 2.71. The van der Waals surface area contributed by atoms with Gasteiger partial charge in [0.25, 0.3) is 0 Å². The quantitative estimate of drug-likeness (QED) is 0.368. The van der Waals surface area contributed by atoms with Gasteiger partial charge in [-0.3, -0.25) is 0 Å². The Hall–Kier alpha value is 0.137. The second kappa shape index (κ2) is 9.14. The first-order valence-corrected chi connectivity index (χ1v) is 10.0. The molecule has 0 aromatic heterocycles. The van der Waals surface area contributed by atoms with Gasteiger partial charge < -0.3 is 8.85 Å². The number of hydrogen-bond donors (Lipinski definition) is 0. The average molecular weight is 289 g/mol. The zero-order valence-electron chi connectivity index (χ0n) is 14.3. The van der Waals surface area contributed by atoms with E-state index in [-0.39, 0.29) is 5.04 Å². The minimum Gasteiger partial charge on any atom is -0.397 e. The summed E-state index contributed by atoms with van der Waals surface area (Å²) in [5, 5.41) is 0.153.